The molecule has 1 saturated heterocycles. The molecule has 0 saturated carbocycles. The molecular weight excluding hydrogens is 420 g/mol. The molecule has 2 aliphatic rings. The summed E-state index contributed by atoms with van der Waals surface area (Å²) in [6.45, 7) is 3.75. The highest BCUT2D eigenvalue weighted by atomic mass is 79.9. The van der Waals surface area contributed by atoms with Crippen LogP contribution in [0.25, 0.3) is 0 Å². The molecule has 6 heteroatoms. The number of fused-ring (bicyclic) bond motifs is 1. The van der Waals surface area contributed by atoms with Crippen molar-refractivity contribution < 1.29 is 14.3 Å². The first-order valence-electron chi connectivity index (χ1n) is 9.71. The van der Waals surface area contributed by atoms with Gasteiger partial charge in [-0.15, -0.1) is 0 Å². The average molecular weight is 445 g/mol. The number of hydrogen-bond donors (Lipinski definition) is 1. The molecule has 1 fully saturated rings. The van der Waals surface area contributed by atoms with Crippen LogP contribution < -0.4 is 10.1 Å². The van der Waals surface area contributed by atoms with Crippen LogP contribution in [0.15, 0.2) is 40.9 Å². The maximum absolute atomic E-state index is 13.2. The standard InChI is InChI=1S/C22H25BrN2O3/c1-27-17-4-2-16(3-5-17)13-25-14-18-19(23)6-7-20(21(18)22(25)26)24-12-15-8-10-28-11-9-15/h2-7,15,24H,8-14H2,1H3. The minimum Gasteiger partial charge on any atom is -0.497 e. The highest BCUT2D eigenvalue weighted by Crippen LogP contribution is 2.36. The molecule has 0 aliphatic carbocycles. The molecule has 0 spiro atoms. The zero-order valence-corrected chi connectivity index (χ0v) is 17.6. The Bertz CT molecular complexity index is 848. The molecule has 2 aromatic rings. The van der Waals surface area contributed by atoms with Crippen LogP contribution in [0.2, 0.25) is 0 Å². The number of ether oxygens (including phenoxy) is 2. The monoisotopic (exact) mass is 444 g/mol. The molecule has 0 bridgehead atoms. The van der Waals surface area contributed by atoms with Gasteiger partial charge in [-0.2, -0.15) is 0 Å². The SMILES string of the molecule is COc1ccc(CN2Cc3c(Br)ccc(NCC4CCOCC4)c3C2=O)cc1. The molecule has 0 radical (unpaired) electrons. The fourth-order valence-corrected chi connectivity index (χ4v) is 4.33. The summed E-state index contributed by atoms with van der Waals surface area (Å²) in [5.74, 6) is 1.50. The van der Waals surface area contributed by atoms with Gasteiger partial charge < -0.3 is 19.7 Å². The lowest BCUT2D eigenvalue weighted by molar-refractivity contribution is 0.0698. The van der Waals surface area contributed by atoms with E-state index < -0.39 is 0 Å². The van der Waals surface area contributed by atoms with E-state index in [-0.39, 0.29) is 5.91 Å². The summed E-state index contributed by atoms with van der Waals surface area (Å²) in [4.78, 5) is 15.1. The third-order valence-electron chi connectivity index (χ3n) is 5.56. The van der Waals surface area contributed by atoms with E-state index in [2.05, 4.69) is 21.2 Å². The summed E-state index contributed by atoms with van der Waals surface area (Å²) >= 11 is 3.63. The van der Waals surface area contributed by atoms with E-state index in [0.717, 1.165) is 65.2 Å². The second-order valence-electron chi connectivity index (χ2n) is 7.39. The summed E-state index contributed by atoms with van der Waals surface area (Å²) in [6, 6.07) is 11.9. The predicted octanol–water partition coefficient (Wildman–Crippen LogP) is 4.45. The fourth-order valence-electron chi connectivity index (χ4n) is 3.87. The minimum atomic E-state index is 0.0848. The van der Waals surface area contributed by atoms with Gasteiger partial charge in [0.25, 0.3) is 5.91 Å². The van der Waals surface area contributed by atoms with Gasteiger partial charge in [-0.25, -0.2) is 0 Å². The number of nitrogens with zero attached hydrogens (tertiary/aromatic N) is 1. The van der Waals surface area contributed by atoms with Gasteiger partial charge in [0.2, 0.25) is 0 Å². The summed E-state index contributed by atoms with van der Waals surface area (Å²) < 4.78 is 11.6. The molecular formula is C22H25BrN2O3. The third-order valence-corrected chi connectivity index (χ3v) is 6.30. The average Bonchev–Trinajstić information content (AvgIpc) is 3.06. The Balaban J connectivity index is 1.49. The van der Waals surface area contributed by atoms with Crippen molar-refractivity contribution in [2.45, 2.75) is 25.9 Å². The van der Waals surface area contributed by atoms with Crippen molar-refractivity contribution in [3.05, 3.63) is 57.6 Å². The Morgan fingerprint density at radius 1 is 1.18 bits per heavy atom. The van der Waals surface area contributed by atoms with Gasteiger partial charge in [0.1, 0.15) is 5.75 Å². The van der Waals surface area contributed by atoms with Gasteiger partial charge >= 0.3 is 0 Å². The number of carbonyl (C=O) groups is 1. The predicted molar refractivity (Wildman–Crippen MR) is 113 cm³/mol. The Morgan fingerprint density at radius 3 is 2.64 bits per heavy atom. The van der Waals surface area contributed by atoms with E-state index in [1.54, 1.807) is 7.11 Å². The van der Waals surface area contributed by atoms with Crippen LogP contribution in [0.3, 0.4) is 0 Å². The van der Waals surface area contributed by atoms with Crippen LogP contribution in [-0.2, 0) is 17.8 Å². The van der Waals surface area contributed by atoms with Crippen molar-refractivity contribution in [3.63, 3.8) is 0 Å². The molecule has 2 aliphatic heterocycles. The summed E-state index contributed by atoms with van der Waals surface area (Å²) in [7, 11) is 1.65. The number of benzene rings is 2. The number of hydrogen-bond acceptors (Lipinski definition) is 4. The number of carbonyl (C=O) groups excluding carboxylic acids is 1. The summed E-state index contributed by atoms with van der Waals surface area (Å²) in [6.07, 6.45) is 2.15. The number of anilines is 1. The molecule has 0 aromatic heterocycles. The second-order valence-corrected chi connectivity index (χ2v) is 8.25. The summed E-state index contributed by atoms with van der Waals surface area (Å²) in [5.41, 5.74) is 3.90. The first-order chi connectivity index (χ1) is 13.7. The molecule has 5 nitrogen and oxygen atoms in total. The zero-order valence-electron chi connectivity index (χ0n) is 16.0. The van der Waals surface area contributed by atoms with Crippen molar-refractivity contribution in [2.24, 2.45) is 5.92 Å². The van der Waals surface area contributed by atoms with E-state index in [1.165, 1.54) is 0 Å². The molecule has 2 heterocycles. The van der Waals surface area contributed by atoms with Crippen molar-refractivity contribution in [3.8, 4) is 5.75 Å². The summed E-state index contributed by atoms with van der Waals surface area (Å²) in [5, 5.41) is 3.53. The van der Waals surface area contributed by atoms with E-state index >= 15 is 0 Å². The Kier molecular flexibility index (Phi) is 5.87. The van der Waals surface area contributed by atoms with Crippen molar-refractivity contribution >= 4 is 27.5 Å². The molecule has 1 N–H and O–H groups in total. The largest absolute Gasteiger partial charge is 0.497 e. The van der Waals surface area contributed by atoms with E-state index in [9.17, 15) is 4.79 Å². The lowest BCUT2D eigenvalue weighted by Crippen LogP contribution is -2.25. The topological polar surface area (TPSA) is 50.8 Å². The van der Waals surface area contributed by atoms with Crippen molar-refractivity contribution in [1.29, 1.82) is 0 Å². The Hall–Kier alpha value is -2.05. The van der Waals surface area contributed by atoms with Gasteiger partial charge in [0.05, 0.1) is 12.7 Å². The van der Waals surface area contributed by atoms with E-state index in [4.69, 9.17) is 9.47 Å². The molecule has 2 aromatic carbocycles. The first-order valence-corrected chi connectivity index (χ1v) is 10.5. The first kappa shape index (κ1) is 19.3. The van der Waals surface area contributed by atoms with Gasteiger partial charge in [-0.3, -0.25) is 4.79 Å². The Labute approximate surface area is 174 Å². The highest BCUT2D eigenvalue weighted by molar-refractivity contribution is 9.10. The van der Waals surface area contributed by atoms with Crippen molar-refractivity contribution in [1.82, 2.24) is 4.90 Å². The second kappa shape index (κ2) is 8.53. The molecule has 1 amide bonds. The van der Waals surface area contributed by atoms with Crippen LogP contribution in [0, 0.1) is 5.92 Å². The maximum Gasteiger partial charge on any atom is 0.256 e. The number of rotatable bonds is 6. The zero-order chi connectivity index (χ0) is 19.5. The molecule has 28 heavy (non-hydrogen) atoms. The van der Waals surface area contributed by atoms with Gasteiger partial charge in [0, 0.05) is 48.6 Å². The lowest BCUT2D eigenvalue weighted by Gasteiger charge is -2.23. The van der Waals surface area contributed by atoms with Crippen LogP contribution in [-0.4, -0.2) is 37.7 Å². The molecule has 4 rings (SSSR count). The van der Waals surface area contributed by atoms with Gasteiger partial charge in [-0.05, 0) is 48.6 Å². The van der Waals surface area contributed by atoms with E-state index in [0.29, 0.717) is 19.0 Å². The van der Waals surface area contributed by atoms with Gasteiger partial charge in [0.15, 0.2) is 0 Å². The quantitative estimate of drug-likeness (QED) is 0.714. The number of halogens is 1. The van der Waals surface area contributed by atoms with E-state index in [1.807, 2.05) is 41.3 Å². The lowest BCUT2D eigenvalue weighted by atomic mass is 10.00. The van der Waals surface area contributed by atoms with Crippen LogP contribution in [0.5, 0.6) is 5.75 Å². The maximum atomic E-state index is 13.2. The van der Waals surface area contributed by atoms with Crippen molar-refractivity contribution in [2.75, 3.05) is 32.2 Å². The molecule has 0 atom stereocenters. The molecule has 148 valence electrons. The van der Waals surface area contributed by atoms with Crippen LogP contribution in [0.1, 0.15) is 34.3 Å². The normalized spacial score (nSPS) is 16.9. The fraction of sp³-hybridized carbons (Fsp3) is 0.409. The molecule has 0 unspecified atom stereocenters. The van der Waals surface area contributed by atoms with Gasteiger partial charge in [-0.1, -0.05) is 28.1 Å². The third kappa shape index (κ3) is 4.03. The minimum absolute atomic E-state index is 0.0848. The van der Waals surface area contributed by atoms with Crippen LogP contribution >= 0.6 is 15.9 Å². The smallest absolute Gasteiger partial charge is 0.256 e. The Morgan fingerprint density at radius 2 is 1.93 bits per heavy atom. The number of nitrogens with one attached hydrogen (secondary N) is 1. The highest BCUT2D eigenvalue weighted by Gasteiger charge is 2.32. The van der Waals surface area contributed by atoms with Crippen LogP contribution in [0.4, 0.5) is 5.69 Å². The number of amides is 1. The number of methoxy groups -OCH3 is 1.